The Morgan fingerprint density at radius 3 is 1.90 bits per heavy atom. The molecule has 39 heavy (non-hydrogen) atoms. The molecule has 6 heteroatoms. The fraction of sp³-hybridized carbons (Fsp3) is 0.121. The highest BCUT2D eigenvalue weighted by atomic mass is 16.7. The van der Waals surface area contributed by atoms with Crippen LogP contribution in [0.3, 0.4) is 0 Å². The number of aliphatic imine (C=N–C) groups is 1. The lowest BCUT2D eigenvalue weighted by Gasteiger charge is -2.29. The van der Waals surface area contributed by atoms with Crippen molar-refractivity contribution >= 4 is 23.5 Å². The molecular formula is C33H26N2O4. The van der Waals surface area contributed by atoms with Gasteiger partial charge in [-0.05, 0) is 41.5 Å². The number of rotatable bonds is 6. The number of carbonyl (C=O) groups excluding carboxylic acids is 1. The molecule has 2 aliphatic rings. The quantitative estimate of drug-likeness (QED) is 0.284. The first-order valence-corrected chi connectivity index (χ1v) is 12.6. The molecule has 4 aromatic carbocycles. The summed E-state index contributed by atoms with van der Waals surface area (Å²) < 4.78 is 10.8. The van der Waals surface area contributed by atoms with Gasteiger partial charge >= 0.3 is 5.97 Å². The molecule has 0 fully saturated rings. The molecule has 2 atom stereocenters. The van der Waals surface area contributed by atoms with Crippen LogP contribution >= 0.6 is 0 Å². The third-order valence-electron chi connectivity index (χ3n) is 7.22. The molecule has 2 heterocycles. The Labute approximate surface area is 226 Å². The average molecular weight is 515 g/mol. The van der Waals surface area contributed by atoms with Crippen molar-refractivity contribution in [3.63, 3.8) is 0 Å². The number of nitrogens with zero attached hydrogens (tertiary/aromatic N) is 2. The zero-order chi connectivity index (χ0) is 26.8. The van der Waals surface area contributed by atoms with Gasteiger partial charge in [-0.1, -0.05) is 90.1 Å². The van der Waals surface area contributed by atoms with E-state index < -0.39 is 17.4 Å². The van der Waals surface area contributed by atoms with Crippen molar-refractivity contribution in [2.75, 3.05) is 14.2 Å². The molecule has 192 valence electrons. The SMILES string of the molecule is COc1ccc(/C=C2/C(c3ccccc3)=NC(c3ccc(OC)cc3)C23C(=O)ON=C3c2ccccc2)cc1. The molecule has 0 aromatic heterocycles. The average Bonchev–Trinajstić information content (AvgIpc) is 3.52. The second-order valence-electron chi connectivity index (χ2n) is 9.34. The Bertz CT molecular complexity index is 1590. The number of oxime groups is 1. The summed E-state index contributed by atoms with van der Waals surface area (Å²) in [5.74, 6) is 1.01. The van der Waals surface area contributed by atoms with E-state index in [1.54, 1.807) is 14.2 Å². The standard InChI is InChI=1S/C33H26N2O4/c1-37-26-17-13-22(14-18-26)21-28-29(23-9-5-3-6-10-23)34-30(25-15-19-27(38-2)20-16-25)33(28)31(35-39-32(33)36)24-11-7-4-8-12-24/h3-21,30H,1-2H3/b28-21-. The summed E-state index contributed by atoms with van der Waals surface area (Å²) in [5, 5.41) is 4.39. The van der Waals surface area contributed by atoms with Gasteiger partial charge in [0.15, 0.2) is 5.41 Å². The molecule has 1 spiro atoms. The highest BCUT2D eigenvalue weighted by Crippen LogP contribution is 2.55. The van der Waals surface area contributed by atoms with Gasteiger partial charge < -0.3 is 14.3 Å². The first kappa shape index (κ1) is 24.4. The number of methoxy groups -OCH3 is 2. The van der Waals surface area contributed by atoms with Crippen molar-refractivity contribution < 1.29 is 19.1 Å². The summed E-state index contributed by atoms with van der Waals surface area (Å²) in [4.78, 5) is 24.9. The van der Waals surface area contributed by atoms with Crippen LogP contribution in [0.1, 0.15) is 28.3 Å². The highest BCUT2D eigenvalue weighted by Gasteiger charge is 2.63. The van der Waals surface area contributed by atoms with Crippen LogP contribution in [0.25, 0.3) is 6.08 Å². The van der Waals surface area contributed by atoms with Gasteiger partial charge in [0, 0.05) is 16.7 Å². The second-order valence-corrected chi connectivity index (χ2v) is 9.34. The number of benzene rings is 4. The van der Waals surface area contributed by atoms with Crippen LogP contribution in [0.2, 0.25) is 0 Å². The topological polar surface area (TPSA) is 69.5 Å². The molecular weight excluding hydrogens is 488 g/mol. The normalized spacial score (nSPS) is 21.0. The molecule has 0 aliphatic carbocycles. The van der Waals surface area contributed by atoms with Gasteiger partial charge in [-0.2, -0.15) is 0 Å². The Morgan fingerprint density at radius 1 is 0.744 bits per heavy atom. The van der Waals surface area contributed by atoms with E-state index in [4.69, 9.17) is 19.3 Å². The zero-order valence-electron chi connectivity index (χ0n) is 21.6. The minimum Gasteiger partial charge on any atom is -0.497 e. The Balaban J connectivity index is 1.64. The molecule has 0 saturated heterocycles. The van der Waals surface area contributed by atoms with Crippen molar-refractivity contribution in [2.24, 2.45) is 15.6 Å². The van der Waals surface area contributed by atoms with Gasteiger partial charge in [0.2, 0.25) is 0 Å². The van der Waals surface area contributed by atoms with Crippen molar-refractivity contribution in [1.82, 2.24) is 0 Å². The predicted octanol–water partition coefficient (Wildman–Crippen LogP) is 6.28. The van der Waals surface area contributed by atoms with Crippen LogP contribution in [-0.2, 0) is 9.63 Å². The maximum atomic E-state index is 14.1. The second kappa shape index (κ2) is 10.1. The van der Waals surface area contributed by atoms with Crippen molar-refractivity contribution in [3.05, 3.63) is 137 Å². The molecule has 0 bridgehead atoms. The van der Waals surface area contributed by atoms with Crippen LogP contribution in [-0.4, -0.2) is 31.6 Å². The highest BCUT2D eigenvalue weighted by molar-refractivity contribution is 6.32. The molecule has 0 radical (unpaired) electrons. The largest absolute Gasteiger partial charge is 0.497 e. The maximum absolute atomic E-state index is 14.1. The summed E-state index contributed by atoms with van der Waals surface area (Å²) in [6.45, 7) is 0. The van der Waals surface area contributed by atoms with Gasteiger partial charge in [0.1, 0.15) is 23.3 Å². The van der Waals surface area contributed by atoms with Gasteiger partial charge in [-0.15, -0.1) is 0 Å². The summed E-state index contributed by atoms with van der Waals surface area (Å²) >= 11 is 0. The third-order valence-corrected chi connectivity index (χ3v) is 7.22. The lowest BCUT2D eigenvalue weighted by atomic mass is 9.67. The summed E-state index contributed by atoms with van der Waals surface area (Å²) in [5.41, 5.74) is 4.12. The molecule has 2 unspecified atom stereocenters. The van der Waals surface area contributed by atoms with E-state index in [0.29, 0.717) is 5.71 Å². The van der Waals surface area contributed by atoms with E-state index in [9.17, 15) is 4.79 Å². The maximum Gasteiger partial charge on any atom is 0.354 e. The molecule has 4 aromatic rings. The van der Waals surface area contributed by atoms with Crippen molar-refractivity contribution in [3.8, 4) is 11.5 Å². The van der Waals surface area contributed by atoms with E-state index in [-0.39, 0.29) is 0 Å². The monoisotopic (exact) mass is 514 g/mol. The fourth-order valence-electron chi connectivity index (χ4n) is 5.30. The smallest absolute Gasteiger partial charge is 0.354 e. The van der Waals surface area contributed by atoms with Crippen LogP contribution in [0.4, 0.5) is 0 Å². The lowest BCUT2D eigenvalue weighted by molar-refractivity contribution is -0.147. The minimum atomic E-state index is -1.30. The van der Waals surface area contributed by atoms with Crippen LogP contribution in [0, 0.1) is 5.41 Å². The van der Waals surface area contributed by atoms with Gasteiger partial charge in [0.05, 0.1) is 19.9 Å². The van der Waals surface area contributed by atoms with E-state index >= 15 is 0 Å². The lowest BCUT2D eigenvalue weighted by Crippen LogP contribution is -2.41. The molecule has 2 aliphatic heterocycles. The summed E-state index contributed by atoms with van der Waals surface area (Å²) in [7, 11) is 3.26. The molecule has 0 amide bonds. The van der Waals surface area contributed by atoms with Gasteiger partial charge in [0.25, 0.3) is 0 Å². The van der Waals surface area contributed by atoms with E-state index in [1.165, 1.54) is 0 Å². The third kappa shape index (κ3) is 4.10. The van der Waals surface area contributed by atoms with Gasteiger partial charge in [-0.3, -0.25) is 4.99 Å². The predicted molar refractivity (Wildman–Crippen MR) is 151 cm³/mol. The molecule has 6 rings (SSSR count). The number of carbonyl (C=O) groups is 1. The van der Waals surface area contributed by atoms with Crippen LogP contribution in [0.15, 0.2) is 125 Å². The van der Waals surface area contributed by atoms with Gasteiger partial charge in [-0.25, -0.2) is 4.79 Å². The fourth-order valence-corrected chi connectivity index (χ4v) is 5.30. The van der Waals surface area contributed by atoms with Crippen molar-refractivity contribution in [2.45, 2.75) is 6.04 Å². The summed E-state index contributed by atoms with van der Waals surface area (Å²) in [6.07, 6.45) is 2.01. The van der Waals surface area contributed by atoms with E-state index in [2.05, 4.69) is 5.16 Å². The Kier molecular flexibility index (Phi) is 6.29. The number of ether oxygens (including phenoxy) is 2. The Hall–Kier alpha value is -4.97. The first-order chi connectivity index (χ1) is 19.1. The van der Waals surface area contributed by atoms with Crippen LogP contribution in [0.5, 0.6) is 11.5 Å². The van der Waals surface area contributed by atoms with E-state index in [1.807, 2.05) is 115 Å². The minimum absolute atomic E-state index is 0.461. The number of hydrogen-bond acceptors (Lipinski definition) is 6. The Morgan fingerprint density at radius 2 is 1.31 bits per heavy atom. The molecule has 0 N–H and O–H groups in total. The first-order valence-electron chi connectivity index (χ1n) is 12.6. The van der Waals surface area contributed by atoms with Crippen molar-refractivity contribution in [1.29, 1.82) is 0 Å². The van der Waals surface area contributed by atoms with Crippen LogP contribution < -0.4 is 9.47 Å². The molecule has 6 nitrogen and oxygen atoms in total. The summed E-state index contributed by atoms with van der Waals surface area (Å²) in [6, 6.07) is 34.3. The zero-order valence-corrected chi connectivity index (χ0v) is 21.6. The van der Waals surface area contributed by atoms with E-state index in [0.717, 1.165) is 45.0 Å². The molecule has 0 saturated carbocycles. The number of hydrogen-bond donors (Lipinski definition) is 0.